The Bertz CT molecular complexity index is 442. The summed E-state index contributed by atoms with van der Waals surface area (Å²) in [5.74, 6) is -0.204. The van der Waals surface area contributed by atoms with E-state index in [1.165, 1.54) is 6.07 Å². The van der Waals surface area contributed by atoms with Crippen molar-refractivity contribution < 1.29 is 4.39 Å². The molecule has 0 aliphatic rings. The molecule has 3 heteroatoms. The van der Waals surface area contributed by atoms with Gasteiger partial charge in [-0.2, -0.15) is 0 Å². The molecule has 0 spiro atoms. The molecule has 0 saturated carbocycles. The van der Waals surface area contributed by atoms with E-state index in [1.807, 2.05) is 18.2 Å². The van der Waals surface area contributed by atoms with E-state index < -0.39 is 0 Å². The Kier molecular flexibility index (Phi) is 2.42. The van der Waals surface area contributed by atoms with Gasteiger partial charge in [0.05, 0.1) is 0 Å². The Morgan fingerprint density at radius 1 is 1.00 bits per heavy atom. The summed E-state index contributed by atoms with van der Waals surface area (Å²) in [6.07, 6.45) is 0. The predicted molar refractivity (Wildman–Crippen MR) is 55.6 cm³/mol. The predicted octanol–water partition coefficient (Wildman–Crippen LogP) is 4.22. The highest BCUT2D eigenvalue weighted by Gasteiger charge is 2.03. The number of rotatable bonds is 1. The Morgan fingerprint density at radius 2 is 1.69 bits per heavy atom. The van der Waals surface area contributed by atoms with Gasteiger partial charge in [-0.25, -0.2) is 4.39 Å². The quantitative estimate of drug-likeness (QED) is 0.682. The Hall–Kier alpha value is -0.730. The average molecular weight is 213 g/mol. The van der Waals surface area contributed by atoms with Crippen LogP contribution in [0.1, 0.15) is 0 Å². The van der Waals surface area contributed by atoms with Gasteiger partial charge in [-0.1, -0.05) is 24.3 Å². The van der Waals surface area contributed by atoms with E-state index in [0.29, 0.717) is 5.39 Å². The highest BCUT2D eigenvalue weighted by molar-refractivity contribution is 8.21. The third-order valence-electron chi connectivity index (χ3n) is 1.91. The Morgan fingerprint density at radius 3 is 2.38 bits per heavy atom. The Balaban J connectivity index is 2.84. The number of hydrogen-bond acceptors (Lipinski definition) is 1. The SMILES string of the molecule is Fc1ccc(SCl)c2ccccc12. The first-order chi connectivity index (χ1) is 6.33. The summed E-state index contributed by atoms with van der Waals surface area (Å²) in [6, 6.07) is 10.4. The van der Waals surface area contributed by atoms with Gasteiger partial charge in [0.25, 0.3) is 0 Å². The number of hydrogen-bond donors (Lipinski definition) is 0. The first-order valence-electron chi connectivity index (χ1n) is 3.79. The highest BCUT2D eigenvalue weighted by Crippen LogP contribution is 2.31. The van der Waals surface area contributed by atoms with Crippen molar-refractivity contribution in [2.24, 2.45) is 0 Å². The highest BCUT2D eigenvalue weighted by atomic mass is 35.7. The molecule has 0 nitrogen and oxygen atoms in total. The first kappa shape index (κ1) is 8.85. The summed E-state index contributed by atoms with van der Waals surface area (Å²) in [7, 11) is 6.76. The van der Waals surface area contributed by atoms with Crippen LogP contribution in [0.2, 0.25) is 0 Å². The third kappa shape index (κ3) is 1.52. The van der Waals surface area contributed by atoms with Crippen LogP contribution in [-0.2, 0) is 0 Å². The second-order valence-corrected chi connectivity index (χ2v) is 3.73. The van der Waals surface area contributed by atoms with Crippen molar-refractivity contribution in [3.63, 3.8) is 0 Å². The lowest BCUT2D eigenvalue weighted by Crippen LogP contribution is -1.80. The fourth-order valence-electron chi connectivity index (χ4n) is 1.30. The van der Waals surface area contributed by atoms with Crippen LogP contribution in [0.4, 0.5) is 4.39 Å². The minimum absolute atomic E-state index is 0.204. The standard InChI is InChI=1S/C10H6ClFS/c11-13-10-6-5-9(12)7-3-1-2-4-8(7)10/h1-6H. The zero-order valence-corrected chi connectivity index (χ0v) is 8.20. The second kappa shape index (κ2) is 3.56. The van der Waals surface area contributed by atoms with Crippen molar-refractivity contribution in [1.29, 1.82) is 0 Å². The summed E-state index contributed by atoms with van der Waals surface area (Å²) in [5.41, 5.74) is 0. The van der Waals surface area contributed by atoms with Gasteiger partial charge in [0.2, 0.25) is 0 Å². The topological polar surface area (TPSA) is 0 Å². The van der Waals surface area contributed by atoms with Crippen LogP contribution in [0.25, 0.3) is 10.8 Å². The van der Waals surface area contributed by atoms with Gasteiger partial charge >= 0.3 is 0 Å². The van der Waals surface area contributed by atoms with Crippen LogP contribution in [-0.4, -0.2) is 0 Å². The van der Waals surface area contributed by atoms with E-state index in [9.17, 15) is 4.39 Å². The molecule has 0 heterocycles. The zero-order valence-electron chi connectivity index (χ0n) is 6.63. The van der Waals surface area contributed by atoms with E-state index in [2.05, 4.69) is 0 Å². The fourth-order valence-corrected chi connectivity index (χ4v) is 2.09. The van der Waals surface area contributed by atoms with Crippen molar-refractivity contribution >= 4 is 32.4 Å². The Labute approximate surface area is 84.2 Å². The van der Waals surface area contributed by atoms with E-state index in [0.717, 1.165) is 21.3 Å². The lowest BCUT2D eigenvalue weighted by atomic mass is 10.1. The molecule has 0 saturated heterocycles. The summed E-state index contributed by atoms with van der Waals surface area (Å²) >= 11 is 0. The van der Waals surface area contributed by atoms with Crippen LogP contribution in [0, 0.1) is 5.82 Å². The molecule has 0 aliphatic heterocycles. The van der Waals surface area contributed by atoms with Crippen molar-refractivity contribution in [3.05, 3.63) is 42.2 Å². The van der Waals surface area contributed by atoms with E-state index in [4.69, 9.17) is 10.7 Å². The molecule has 0 N–H and O–H groups in total. The molecule has 0 aromatic heterocycles. The van der Waals surface area contributed by atoms with Crippen molar-refractivity contribution in [2.75, 3.05) is 0 Å². The number of benzene rings is 2. The van der Waals surface area contributed by atoms with E-state index in [1.54, 1.807) is 12.1 Å². The number of fused-ring (bicyclic) bond motifs is 1. The molecule has 0 unspecified atom stereocenters. The summed E-state index contributed by atoms with van der Waals surface area (Å²) < 4.78 is 13.3. The summed E-state index contributed by atoms with van der Waals surface area (Å²) in [6.45, 7) is 0. The molecule has 0 atom stereocenters. The maximum atomic E-state index is 13.3. The molecule has 2 aromatic carbocycles. The van der Waals surface area contributed by atoms with Gasteiger partial charge in [-0.05, 0) is 39.2 Å². The van der Waals surface area contributed by atoms with E-state index >= 15 is 0 Å². The molecule has 2 rings (SSSR count). The minimum Gasteiger partial charge on any atom is -0.206 e. The van der Waals surface area contributed by atoms with Crippen LogP contribution in [0.3, 0.4) is 0 Å². The van der Waals surface area contributed by atoms with Crippen LogP contribution >= 0.6 is 21.7 Å². The fraction of sp³-hybridized carbons (Fsp3) is 0. The van der Waals surface area contributed by atoms with E-state index in [-0.39, 0.29) is 5.82 Å². The van der Waals surface area contributed by atoms with Crippen LogP contribution < -0.4 is 0 Å². The molecule has 0 bridgehead atoms. The average Bonchev–Trinajstić information content (AvgIpc) is 2.19. The van der Waals surface area contributed by atoms with Gasteiger partial charge in [-0.3, -0.25) is 0 Å². The molecular weight excluding hydrogens is 207 g/mol. The minimum atomic E-state index is -0.204. The summed E-state index contributed by atoms with van der Waals surface area (Å²) in [5, 5.41) is 1.48. The largest absolute Gasteiger partial charge is 0.206 e. The number of halogens is 2. The third-order valence-corrected chi connectivity index (χ3v) is 2.93. The van der Waals surface area contributed by atoms with Crippen LogP contribution in [0.5, 0.6) is 0 Å². The zero-order chi connectivity index (χ0) is 9.26. The lowest BCUT2D eigenvalue weighted by Gasteiger charge is -2.02. The van der Waals surface area contributed by atoms with Crippen molar-refractivity contribution in [1.82, 2.24) is 0 Å². The van der Waals surface area contributed by atoms with Crippen LogP contribution in [0.15, 0.2) is 41.3 Å². The molecule has 0 fully saturated rings. The van der Waals surface area contributed by atoms with Gasteiger partial charge in [0.1, 0.15) is 5.82 Å². The maximum absolute atomic E-state index is 13.3. The lowest BCUT2D eigenvalue weighted by molar-refractivity contribution is 0.639. The second-order valence-electron chi connectivity index (χ2n) is 2.67. The first-order valence-corrected chi connectivity index (χ1v) is 5.43. The summed E-state index contributed by atoms with van der Waals surface area (Å²) in [4.78, 5) is 0.888. The molecule has 0 amide bonds. The molecule has 66 valence electrons. The smallest absolute Gasteiger partial charge is 0.131 e. The molecule has 0 radical (unpaired) electrons. The van der Waals surface area contributed by atoms with Crippen molar-refractivity contribution in [2.45, 2.75) is 4.90 Å². The van der Waals surface area contributed by atoms with Gasteiger partial charge in [0.15, 0.2) is 0 Å². The molecule has 0 aliphatic carbocycles. The van der Waals surface area contributed by atoms with Gasteiger partial charge in [-0.15, -0.1) is 0 Å². The maximum Gasteiger partial charge on any atom is 0.131 e. The van der Waals surface area contributed by atoms with Gasteiger partial charge in [0, 0.05) is 10.3 Å². The molecular formula is C10H6ClFS. The molecule has 13 heavy (non-hydrogen) atoms. The molecule has 2 aromatic rings. The van der Waals surface area contributed by atoms with Crippen molar-refractivity contribution in [3.8, 4) is 0 Å². The normalized spacial score (nSPS) is 10.6. The van der Waals surface area contributed by atoms with Gasteiger partial charge < -0.3 is 0 Å². The monoisotopic (exact) mass is 212 g/mol.